The van der Waals surface area contributed by atoms with Crippen LogP contribution in [0.25, 0.3) is 0 Å². The zero-order chi connectivity index (χ0) is 19.2. The lowest BCUT2D eigenvalue weighted by Gasteiger charge is -2.29. The standard InChI is InChI=1S/C23H29NO3/c1-16(2)11-19(25)13-21-20-14-22(26-3)23(12-18(20)9-10-24-21)27-15-17-7-5-4-6-8-17/h4-8,11-12,14,19,21,24-25H,9-10,13,15H2,1-3H3. The van der Waals surface area contributed by atoms with Crippen molar-refractivity contribution in [2.45, 2.75) is 45.4 Å². The fourth-order valence-corrected chi connectivity index (χ4v) is 3.56. The molecule has 0 saturated carbocycles. The van der Waals surface area contributed by atoms with Gasteiger partial charge in [-0.3, -0.25) is 0 Å². The second-order valence-electron chi connectivity index (χ2n) is 7.28. The van der Waals surface area contributed by atoms with Crippen molar-refractivity contribution in [3.8, 4) is 11.5 Å². The molecule has 2 aromatic carbocycles. The summed E-state index contributed by atoms with van der Waals surface area (Å²) < 4.78 is 11.6. The number of fused-ring (bicyclic) bond motifs is 1. The van der Waals surface area contributed by atoms with Gasteiger partial charge in [0.05, 0.1) is 13.2 Å². The molecule has 0 bridgehead atoms. The first-order valence-electron chi connectivity index (χ1n) is 9.51. The number of aliphatic hydroxyl groups is 1. The number of aliphatic hydroxyl groups excluding tert-OH is 1. The highest BCUT2D eigenvalue weighted by Crippen LogP contribution is 2.37. The largest absolute Gasteiger partial charge is 0.493 e. The molecule has 4 nitrogen and oxygen atoms in total. The van der Waals surface area contributed by atoms with E-state index in [-0.39, 0.29) is 6.04 Å². The number of ether oxygens (including phenoxy) is 2. The maximum atomic E-state index is 10.3. The van der Waals surface area contributed by atoms with Crippen molar-refractivity contribution in [2.24, 2.45) is 0 Å². The third kappa shape index (κ3) is 5.12. The van der Waals surface area contributed by atoms with E-state index in [0.717, 1.165) is 35.6 Å². The Bertz CT molecular complexity index is 782. The van der Waals surface area contributed by atoms with E-state index in [4.69, 9.17) is 9.47 Å². The molecule has 0 radical (unpaired) electrons. The van der Waals surface area contributed by atoms with Gasteiger partial charge in [0.25, 0.3) is 0 Å². The lowest BCUT2D eigenvalue weighted by molar-refractivity contribution is 0.192. The smallest absolute Gasteiger partial charge is 0.161 e. The summed E-state index contributed by atoms with van der Waals surface area (Å²) in [6, 6.07) is 14.4. The first-order valence-corrected chi connectivity index (χ1v) is 9.51. The topological polar surface area (TPSA) is 50.7 Å². The summed E-state index contributed by atoms with van der Waals surface area (Å²) in [7, 11) is 1.67. The predicted molar refractivity (Wildman–Crippen MR) is 108 cm³/mol. The molecule has 0 saturated heterocycles. The van der Waals surface area contributed by atoms with Gasteiger partial charge in [0.1, 0.15) is 6.61 Å². The minimum Gasteiger partial charge on any atom is -0.493 e. The van der Waals surface area contributed by atoms with Crippen LogP contribution >= 0.6 is 0 Å². The molecule has 1 aliphatic heterocycles. The van der Waals surface area contributed by atoms with Crippen molar-refractivity contribution in [2.75, 3.05) is 13.7 Å². The van der Waals surface area contributed by atoms with Crippen LogP contribution in [0.3, 0.4) is 0 Å². The van der Waals surface area contributed by atoms with Crippen LogP contribution in [0.5, 0.6) is 11.5 Å². The van der Waals surface area contributed by atoms with Crippen LogP contribution in [0.15, 0.2) is 54.1 Å². The highest BCUT2D eigenvalue weighted by atomic mass is 16.5. The molecule has 2 aromatic rings. The zero-order valence-electron chi connectivity index (χ0n) is 16.4. The highest BCUT2D eigenvalue weighted by molar-refractivity contribution is 5.49. The molecule has 1 heterocycles. The monoisotopic (exact) mass is 367 g/mol. The summed E-state index contributed by atoms with van der Waals surface area (Å²) >= 11 is 0. The minimum absolute atomic E-state index is 0.108. The molecule has 27 heavy (non-hydrogen) atoms. The summed E-state index contributed by atoms with van der Waals surface area (Å²) in [6.45, 7) is 5.41. The fraction of sp³-hybridized carbons (Fsp3) is 0.391. The molecule has 0 amide bonds. The molecule has 0 aromatic heterocycles. The van der Waals surface area contributed by atoms with Gasteiger partial charge >= 0.3 is 0 Å². The molecular formula is C23H29NO3. The predicted octanol–water partition coefficient (Wildman–Crippen LogP) is 4.18. The van der Waals surface area contributed by atoms with Gasteiger partial charge in [-0.1, -0.05) is 42.0 Å². The number of hydrogen-bond acceptors (Lipinski definition) is 4. The molecule has 4 heteroatoms. The van der Waals surface area contributed by atoms with Gasteiger partial charge in [-0.05, 0) is 62.1 Å². The van der Waals surface area contributed by atoms with E-state index in [1.165, 1.54) is 11.1 Å². The number of rotatable bonds is 7. The van der Waals surface area contributed by atoms with Crippen molar-refractivity contribution in [3.63, 3.8) is 0 Å². The van der Waals surface area contributed by atoms with Crippen LogP contribution in [-0.4, -0.2) is 24.9 Å². The van der Waals surface area contributed by atoms with Gasteiger partial charge in [0, 0.05) is 6.04 Å². The molecule has 2 N–H and O–H groups in total. The van der Waals surface area contributed by atoms with Crippen LogP contribution in [0, 0.1) is 0 Å². The van der Waals surface area contributed by atoms with Gasteiger partial charge in [-0.2, -0.15) is 0 Å². The molecule has 2 atom stereocenters. The Morgan fingerprint density at radius 2 is 2.00 bits per heavy atom. The minimum atomic E-state index is -0.460. The third-order valence-electron chi connectivity index (χ3n) is 4.83. The summed E-state index contributed by atoms with van der Waals surface area (Å²) in [5.41, 5.74) is 4.70. The Morgan fingerprint density at radius 3 is 2.70 bits per heavy atom. The third-order valence-corrected chi connectivity index (χ3v) is 4.83. The van der Waals surface area contributed by atoms with Crippen molar-refractivity contribution in [1.82, 2.24) is 5.32 Å². The second kappa shape index (κ2) is 9.07. The Hall–Kier alpha value is -2.30. The molecule has 2 unspecified atom stereocenters. The quantitative estimate of drug-likeness (QED) is 0.721. The van der Waals surface area contributed by atoms with Gasteiger partial charge in [0.2, 0.25) is 0 Å². The molecule has 0 aliphatic carbocycles. The Kier molecular flexibility index (Phi) is 6.54. The van der Waals surface area contributed by atoms with Crippen molar-refractivity contribution >= 4 is 0 Å². The molecule has 1 aliphatic rings. The Balaban J connectivity index is 1.80. The van der Waals surface area contributed by atoms with E-state index in [1.54, 1.807) is 7.11 Å². The number of methoxy groups -OCH3 is 1. The number of nitrogens with one attached hydrogen (secondary N) is 1. The number of benzene rings is 2. The molecular weight excluding hydrogens is 338 g/mol. The average Bonchev–Trinajstić information content (AvgIpc) is 2.66. The summed E-state index contributed by atoms with van der Waals surface area (Å²) in [6.07, 6.45) is 3.03. The van der Waals surface area contributed by atoms with Gasteiger partial charge in [0.15, 0.2) is 11.5 Å². The Labute approximate surface area is 161 Å². The molecule has 0 fully saturated rings. The van der Waals surface area contributed by atoms with Crippen molar-refractivity contribution < 1.29 is 14.6 Å². The van der Waals surface area contributed by atoms with Crippen LogP contribution in [-0.2, 0) is 13.0 Å². The molecule has 3 rings (SSSR count). The first-order chi connectivity index (χ1) is 13.1. The first kappa shape index (κ1) is 19.5. The van der Waals surface area contributed by atoms with E-state index in [9.17, 15) is 5.11 Å². The summed E-state index contributed by atoms with van der Waals surface area (Å²) in [5.74, 6) is 1.50. The van der Waals surface area contributed by atoms with Gasteiger partial charge in [-0.15, -0.1) is 0 Å². The van der Waals surface area contributed by atoms with Crippen molar-refractivity contribution in [3.05, 3.63) is 70.8 Å². The van der Waals surface area contributed by atoms with E-state index >= 15 is 0 Å². The van der Waals surface area contributed by atoms with E-state index < -0.39 is 6.10 Å². The highest BCUT2D eigenvalue weighted by Gasteiger charge is 2.24. The van der Waals surface area contributed by atoms with Crippen molar-refractivity contribution in [1.29, 1.82) is 0 Å². The SMILES string of the molecule is COc1cc2c(cc1OCc1ccccc1)CCNC2CC(O)C=C(C)C. The van der Waals surface area contributed by atoms with Crippen LogP contribution in [0.2, 0.25) is 0 Å². The lowest BCUT2D eigenvalue weighted by Crippen LogP contribution is -2.32. The van der Waals surface area contributed by atoms with E-state index in [2.05, 4.69) is 29.6 Å². The van der Waals surface area contributed by atoms with Crippen LogP contribution < -0.4 is 14.8 Å². The van der Waals surface area contributed by atoms with E-state index in [0.29, 0.717) is 13.0 Å². The van der Waals surface area contributed by atoms with Crippen LogP contribution in [0.1, 0.15) is 43.0 Å². The Morgan fingerprint density at radius 1 is 1.22 bits per heavy atom. The second-order valence-corrected chi connectivity index (χ2v) is 7.28. The fourth-order valence-electron chi connectivity index (χ4n) is 3.56. The van der Waals surface area contributed by atoms with Gasteiger partial charge in [-0.25, -0.2) is 0 Å². The van der Waals surface area contributed by atoms with Crippen LogP contribution in [0.4, 0.5) is 0 Å². The maximum Gasteiger partial charge on any atom is 0.161 e. The maximum absolute atomic E-state index is 10.3. The molecule has 0 spiro atoms. The lowest BCUT2D eigenvalue weighted by atomic mass is 9.90. The van der Waals surface area contributed by atoms with Gasteiger partial charge < -0.3 is 19.9 Å². The zero-order valence-corrected chi connectivity index (χ0v) is 16.4. The molecule has 144 valence electrons. The average molecular weight is 367 g/mol. The normalized spacial score (nSPS) is 17.0. The summed E-state index contributed by atoms with van der Waals surface area (Å²) in [5, 5.41) is 13.8. The number of hydrogen-bond donors (Lipinski definition) is 2. The van der Waals surface area contributed by atoms with E-state index in [1.807, 2.05) is 38.1 Å². The summed E-state index contributed by atoms with van der Waals surface area (Å²) in [4.78, 5) is 0. The number of allylic oxidation sites excluding steroid dienone is 1.